The van der Waals surface area contributed by atoms with Gasteiger partial charge in [0.2, 0.25) is 34.8 Å². The predicted octanol–water partition coefficient (Wildman–Crippen LogP) is 6.46. The Morgan fingerprint density at radius 3 is 2.28 bits per heavy atom. The average Bonchev–Trinajstić information content (AvgIpc) is 3.11. The molecule has 5 nitrogen and oxygen atoms in total. The van der Waals surface area contributed by atoms with Gasteiger partial charge in [-0.2, -0.15) is 8.78 Å². The summed E-state index contributed by atoms with van der Waals surface area (Å²) in [5, 5.41) is 5.27. The van der Waals surface area contributed by atoms with Gasteiger partial charge in [0.15, 0.2) is 0 Å². The van der Waals surface area contributed by atoms with E-state index in [4.69, 9.17) is 0 Å². The zero-order valence-electron chi connectivity index (χ0n) is 18.4. The second-order valence-corrected chi connectivity index (χ2v) is 10.9. The third-order valence-corrected chi connectivity index (χ3v) is 7.16. The molecule has 1 aromatic heterocycles. The molecule has 0 saturated heterocycles. The number of carbonyl (C=O) groups excluding carboxylic acids is 2. The van der Waals surface area contributed by atoms with Gasteiger partial charge >= 0.3 is 5.97 Å². The molecule has 0 spiro atoms. The van der Waals surface area contributed by atoms with Crippen LogP contribution in [0.1, 0.15) is 39.4 Å². The van der Waals surface area contributed by atoms with Crippen LogP contribution in [0.2, 0.25) is 0 Å². The molecular formula is C23H15F6IN2O3S. The van der Waals surface area contributed by atoms with Crippen molar-refractivity contribution in [3.05, 3.63) is 72.7 Å². The minimum absolute atomic E-state index is 0.0540. The molecule has 190 valence electrons. The standard InChI is InChI=1S/C23H15F6IN2O3S/c1-23(2)6-9-12(22(34)35-18-16(28)14(26)13(25)15(27)17(18)29)21(36-19(9)20(33)31-7-23)32-11-4-3-8(30)5-10(11)24/h3-5,32H,6-7H2,1-2H3,(H,31,33). The highest BCUT2D eigenvalue weighted by Crippen LogP contribution is 2.41. The van der Waals surface area contributed by atoms with Gasteiger partial charge in [-0.25, -0.2) is 22.4 Å². The quantitative estimate of drug-likeness (QED) is 0.0859. The first-order valence-electron chi connectivity index (χ1n) is 10.2. The van der Waals surface area contributed by atoms with Gasteiger partial charge in [0.25, 0.3) is 5.91 Å². The first-order valence-corrected chi connectivity index (χ1v) is 12.1. The summed E-state index contributed by atoms with van der Waals surface area (Å²) < 4.78 is 88.9. The smallest absolute Gasteiger partial charge is 0.347 e. The summed E-state index contributed by atoms with van der Waals surface area (Å²) in [4.78, 5) is 26.0. The van der Waals surface area contributed by atoms with E-state index >= 15 is 0 Å². The lowest BCUT2D eigenvalue weighted by molar-refractivity contribution is 0.0716. The molecule has 2 heterocycles. The minimum Gasteiger partial charge on any atom is -0.416 e. The number of carbonyl (C=O) groups is 2. The molecule has 3 aromatic rings. The van der Waals surface area contributed by atoms with Crippen LogP contribution >= 0.6 is 33.9 Å². The molecule has 1 amide bonds. The Morgan fingerprint density at radius 2 is 1.67 bits per heavy atom. The molecule has 2 aromatic carbocycles. The van der Waals surface area contributed by atoms with Crippen LogP contribution in [0.5, 0.6) is 5.75 Å². The molecule has 2 N–H and O–H groups in total. The van der Waals surface area contributed by atoms with Crippen molar-refractivity contribution in [2.75, 3.05) is 11.9 Å². The molecule has 36 heavy (non-hydrogen) atoms. The van der Waals surface area contributed by atoms with Gasteiger partial charge in [0.05, 0.1) is 16.1 Å². The number of amides is 1. The van der Waals surface area contributed by atoms with E-state index in [0.717, 1.165) is 11.3 Å². The highest BCUT2D eigenvalue weighted by molar-refractivity contribution is 14.1. The maximum absolute atomic E-state index is 14.5. The van der Waals surface area contributed by atoms with E-state index in [9.17, 15) is 35.9 Å². The highest BCUT2D eigenvalue weighted by atomic mass is 127. The van der Waals surface area contributed by atoms with Crippen molar-refractivity contribution in [1.29, 1.82) is 0 Å². The molecule has 0 saturated carbocycles. The SMILES string of the molecule is CC1(C)CNC(=O)c2sc(Nc3ccc(I)cc3F)c(C(=O)Oc3c(F)c(F)c(F)c(F)c3F)c2C1. The van der Waals surface area contributed by atoms with E-state index in [1.807, 2.05) is 22.6 Å². The largest absolute Gasteiger partial charge is 0.416 e. The Balaban J connectivity index is 1.86. The van der Waals surface area contributed by atoms with E-state index in [2.05, 4.69) is 15.4 Å². The Labute approximate surface area is 218 Å². The number of hydrogen-bond acceptors (Lipinski definition) is 5. The average molecular weight is 640 g/mol. The van der Waals surface area contributed by atoms with E-state index in [1.165, 1.54) is 12.1 Å². The van der Waals surface area contributed by atoms with E-state index in [0.29, 0.717) is 3.57 Å². The van der Waals surface area contributed by atoms with Crippen LogP contribution < -0.4 is 15.4 Å². The van der Waals surface area contributed by atoms with E-state index < -0.39 is 57.9 Å². The number of anilines is 2. The lowest BCUT2D eigenvalue weighted by Crippen LogP contribution is -2.31. The molecule has 4 rings (SSSR count). The van der Waals surface area contributed by atoms with E-state index in [-0.39, 0.29) is 39.7 Å². The number of esters is 1. The van der Waals surface area contributed by atoms with E-state index in [1.54, 1.807) is 19.9 Å². The lowest BCUT2D eigenvalue weighted by atomic mass is 9.85. The fraction of sp³-hybridized carbons (Fsp3) is 0.217. The van der Waals surface area contributed by atoms with Crippen LogP contribution in [0.3, 0.4) is 0 Å². The Morgan fingerprint density at radius 1 is 1.06 bits per heavy atom. The van der Waals surface area contributed by atoms with Gasteiger partial charge in [-0.3, -0.25) is 4.79 Å². The number of ether oxygens (including phenoxy) is 1. The molecular weight excluding hydrogens is 625 g/mol. The maximum atomic E-state index is 14.5. The van der Waals surface area contributed by atoms with Crippen molar-refractivity contribution in [1.82, 2.24) is 5.32 Å². The van der Waals surface area contributed by atoms with Gasteiger partial charge in [0, 0.05) is 10.1 Å². The number of hydrogen-bond donors (Lipinski definition) is 2. The topological polar surface area (TPSA) is 67.4 Å². The van der Waals surface area contributed by atoms with Gasteiger partial charge < -0.3 is 15.4 Å². The summed E-state index contributed by atoms with van der Waals surface area (Å²) in [5.74, 6) is -16.2. The monoisotopic (exact) mass is 640 g/mol. The lowest BCUT2D eigenvalue weighted by Gasteiger charge is -2.22. The molecule has 0 radical (unpaired) electrons. The van der Waals surface area contributed by atoms with Gasteiger partial charge in [-0.1, -0.05) is 13.8 Å². The number of fused-ring (bicyclic) bond motifs is 1. The molecule has 0 bridgehead atoms. The van der Waals surface area contributed by atoms with Gasteiger partial charge in [-0.05, 0) is 58.2 Å². The molecule has 0 fully saturated rings. The van der Waals surface area contributed by atoms with Gasteiger partial charge in [-0.15, -0.1) is 11.3 Å². The molecule has 0 unspecified atom stereocenters. The zero-order chi connectivity index (χ0) is 26.5. The zero-order valence-corrected chi connectivity index (χ0v) is 21.4. The molecule has 1 aliphatic rings. The molecule has 13 heteroatoms. The third kappa shape index (κ3) is 4.77. The predicted molar refractivity (Wildman–Crippen MR) is 128 cm³/mol. The summed E-state index contributed by atoms with van der Waals surface area (Å²) >= 11 is 2.65. The Hall–Kier alpha value is -2.81. The van der Waals surface area contributed by atoms with Crippen molar-refractivity contribution in [2.45, 2.75) is 20.3 Å². The highest BCUT2D eigenvalue weighted by Gasteiger charge is 2.37. The number of thiophene rings is 1. The van der Waals surface area contributed by atoms with Crippen LogP contribution in [-0.2, 0) is 6.42 Å². The van der Waals surface area contributed by atoms with Crippen LogP contribution in [0.25, 0.3) is 0 Å². The summed E-state index contributed by atoms with van der Waals surface area (Å²) in [6.07, 6.45) is 0.107. The summed E-state index contributed by atoms with van der Waals surface area (Å²) in [6, 6.07) is 4.13. The van der Waals surface area contributed by atoms with Crippen LogP contribution in [0, 0.1) is 43.9 Å². The van der Waals surface area contributed by atoms with Crippen molar-refractivity contribution in [2.24, 2.45) is 5.41 Å². The number of halogens is 7. The van der Waals surface area contributed by atoms with Gasteiger partial charge in [0.1, 0.15) is 10.8 Å². The summed E-state index contributed by atoms with van der Waals surface area (Å²) in [7, 11) is 0. The Bertz CT molecular complexity index is 1400. The van der Waals surface area contributed by atoms with Crippen molar-refractivity contribution >= 4 is 56.5 Å². The molecule has 1 aliphatic heterocycles. The Kier molecular flexibility index (Phi) is 6.98. The molecule has 0 atom stereocenters. The van der Waals surface area contributed by atoms with Crippen molar-refractivity contribution < 1.29 is 40.7 Å². The second-order valence-electron chi connectivity index (χ2n) is 8.68. The van der Waals surface area contributed by atoms with Crippen LogP contribution in [0.15, 0.2) is 18.2 Å². The minimum atomic E-state index is -2.41. The summed E-state index contributed by atoms with van der Waals surface area (Å²) in [5.41, 5.74) is -0.937. The number of rotatable bonds is 4. The third-order valence-electron chi connectivity index (χ3n) is 5.34. The first-order chi connectivity index (χ1) is 16.8. The fourth-order valence-corrected chi connectivity index (χ4v) is 5.18. The number of benzene rings is 2. The summed E-state index contributed by atoms with van der Waals surface area (Å²) in [6.45, 7) is 3.80. The molecule has 0 aliphatic carbocycles. The first kappa shape index (κ1) is 26.3. The fourth-order valence-electron chi connectivity index (χ4n) is 3.59. The van der Waals surface area contributed by atoms with Crippen molar-refractivity contribution in [3.63, 3.8) is 0 Å². The normalized spacial score (nSPS) is 14.6. The van der Waals surface area contributed by atoms with Crippen molar-refractivity contribution in [3.8, 4) is 5.75 Å². The van der Waals surface area contributed by atoms with Crippen LogP contribution in [-0.4, -0.2) is 18.4 Å². The maximum Gasteiger partial charge on any atom is 0.347 e. The second kappa shape index (κ2) is 9.57. The van der Waals surface area contributed by atoms with Crippen LogP contribution in [0.4, 0.5) is 37.0 Å². The number of nitrogens with one attached hydrogen (secondary N) is 2.